The third-order valence-electron chi connectivity index (χ3n) is 3.66. The van der Waals surface area contributed by atoms with Gasteiger partial charge >= 0.3 is 0 Å². The molecule has 20 heavy (non-hydrogen) atoms. The molecule has 1 aliphatic heterocycles. The summed E-state index contributed by atoms with van der Waals surface area (Å²) in [6.07, 6.45) is 1.19. The molecule has 1 saturated heterocycles. The van der Waals surface area contributed by atoms with Gasteiger partial charge in [-0.05, 0) is 13.8 Å². The SMILES string of the molecule is CCN1CCN(C(=O)CCN(C)S(C)(=O)=O)[C@@H](C)C1=O. The minimum atomic E-state index is -3.28. The van der Waals surface area contributed by atoms with Crippen LogP contribution < -0.4 is 0 Å². The van der Waals surface area contributed by atoms with Gasteiger partial charge in [0.25, 0.3) is 0 Å². The Hall–Kier alpha value is -1.15. The quantitative estimate of drug-likeness (QED) is 0.676. The van der Waals surface area contributed by atoms with E-state index in [9.17, 15) is 18.0 Å². The Morgan fingerprint density at radius 2 is 2.00 bits per heavy atom. The van der Waals surface area contributed by atoms with Crippen LogP contribution in [-0.2, 0) is 19.6 Å². The topological polar surface area (TPSA) is 78.0 Å². The molecule has 0 aromatic heterocycles. The second kappa shape index (κ2) is 6.53. The van der Waals surface area contributed by atoms with Gasteiger partial charge in [0, 0.05) is 39.6 Å². The molecule has 0 aliphatic carbocycles. The van der Waals surface area contributed by atoms with E-state index in [1.54, 1.807) is 11.8 Å². The molecular weight excluding hydrogens is 282 g/mol. The molecule has 116 valence electrons. The molecule has 1 atom stereocenters. The molecule has 1 heterocycles. The van der Waals surface area contributed by atoms with E-state index in [1.165, 1.54) is 11.9 Å². The first-order valence-electron chi connectivity index (χ1n) is 6.68. The fourth-order valence-electron chi connectivity index (χ4n) is 2.15. The Kier molecular flexibility index (Phi) is 5.52. The molecule has 2 amide bonds. The second-order valence-electron chi connectivity index (χ2n) is 5.02. The summed E-state index contributed by atoms with van der Waals surface area (Å²) in [5, 5.41) is 0. The zero-order valence-corrected chi connectivity index (χ0v) is 13.3. The predicted octanol–water partition coefficient (Wildman–Crippen LogP) is -0.653. The Morgan fingerprint density at radius 1 is 1.40 bits per heavy atom. The maximum atomic E-state index is 12.1. The normalized spacial score (nSPS) is 20.6. The second-order valence-corrected chi connectivity index (χ2v) is 7.10. The van der Waals surface area contributed by atoms with Crippen molar-refractivity contribution in [1.29, 1.82) is 0 Å². The van der Waals surface area contributed by atoms with E-state index in [4.69, 9.17) is 0 Å². The van der Waals surface area contributed by atoms with Crippen molar-refractivity contribution in [3.8, 4) is 0 Å². The molecule has 0 bridgehead atoms. The van der Waals surface area contributed by atoms with E-state index >= 15 is 0 Å². The Bertz CT molecular complexity index is 477. The Labute approximate surface area is 120 Å². The van der Waals surface area contributed by atoms with Crippen LogP contribution >= 0.6 is 0 Å². The van der Waals surface area contributed by atoms with Crippen LogP contribution in [-0.4, -0.2) is 79.9 Å². The highest BCUT2D eigenvalue weighted by atomic mass is 32.2. The lowest BCUT2D eigenvalue weighted by Gasteiger charge is -2.38. The third kappa shape index (κ3) is 3.92. The molecule has 0 aromatic rings. The summed E-state index contributed by atoms with van der Waals surface area (Å²) in [6, 6.07) is -0.472. The van der Waals surface area contributed by atoms with Crippen LogP contribution in [0, 0.1) is 0 Å². The van der Waals surface area contributed by atoms with Gasteiger partial charge in [-0.15, -0.1) is 0 Å². The summed E-state index contributed by atoms with van der Waals surface area (Å²) < 4.78 is 23.7. The number of rotatable bonds is 5. The van der Waals surface area contributed by atoms with Crippen LogP contribution in [0.2, 0.25) is 0 Å². The highest BCUT2D eigenvalue weighted by molar-refractivity contribution is 7.88. The summed E-state index contributed by atoms with van der Waals surface area (Å²) in [4.78, 5) is 27.4. The van der Waals surface area contributed by atoms with Gasteiger partial charge in [-0.3, -0.25) is 9.59 Å². The molecule has 1 aliphatic rings. The molecule has 0 saturated carbocycles. The van der Waals surface area contributed by atoms with E-state index in [1.807, 2.05) is 6.92 Å². The fourth-order valence-corrected chi connectivity index (χ4v) is 2.57. The van der Waals surface area contributed by atoms with Crippen LogP contribution in [0.15, 0.2) is 0 Å². The van der Waals surface area contributed by atoms with Crippen molar-refractivity contribution >= 4 is 21.8 Å². The van der Waals surface area contributed by atoms with Gasteiger partial charge in [0.1, 0.15) is 6.04 Å². The van der Waals surface area contributed by atoms with Crippen LogP contribution in [0.25, 0.3) is 0 Å². The maximum absolute atomic E-state index is 12.1. The van der Waals surface area contributed by atoms with Crippen molar-refractivity contribution in [2.24, 2.45) is 0 Å². The van der Waals surface area contributed by atoms with Crippen LogP contribution in [0.1, 0.15) is 20.3 Å². The summed E-state index contributed by atoms with van der Waals surface area (Å²) in [6.45, 7) is 5.43. The van der Waals surface area contributed by atoms with Crippen LogP contribution in [0.3, 0.4) is 0 Å². The third-order valence-corrected chi connectivity index (χ3v) is 4.97. The lowest BCUT2D eigenvalue weighted by Crippen LogP contribution is -2.57. The molecule has 1 fully saturated rings. The average Bonchev–Trinajstić information content (AvgIpc) is 2.37. The summed E-state index contributed by atoms with van der Waals surface area (Å²) in [5.41, 5.74) is 0. The minimum Gasteiger partial charge on any atom is -0.339 e. The van der Waals surface area contributed by atoms with Crippen molar-refractivity contribution in [2.75, 3.05) is 39.5 Å². The van der Waals surface area contributed by atoms with Gasteiger partial charge in [-0.2, -0.15) is 0 Å². The van der Waals surface area contributed by atoms with Crippen LogP contribution in [0.5, 0.6) is 0 Å². The number of likely N-dealkylation sites (N-methyl/N-ethyl adjacent to an activating group) is 1. The predicted molar refractivity (Wildman–Crippen MR) is 75.5 cm³/mol. The van der Waals surface area contributed by atoms with Crippen molar-refractivity contribution in [1.82, 2.24) is 14.1 Å². The van der Waals surface area contributed by atoms with Gasteiger partial charge in [-0.1, -0.05) is 0 Å². The average molecular weight is 305 g/mol. The summed E-state index contributed by atoms with van der Waals surface area (Å²) in [7, 11) is -1.84. The van der Waals surface area contributed by atoms with E-state index in [2.05, 4.69) is 0 Å². The maximum Gasteiger partial charge on any atom is 0.245 e. The first kappa shape index (κ1) is 16.9. The van der Waals surface area contributed by atoms with Gasteiger partial charge in [0.05, 0.1) is 6.26 Å². The molecule has 0 radical (unpaired) electrons. The molecule has 7 nitrogen and oxygen atoms in total. The molecular formula is C12H23N3O4S. The molecule has 8 heteroatoms. The van der Waals surface area contributed by atoms with Crippen LogP contribution in [0.4, 0.5) is 0 Å². The van der Waals surface area contributed by atoms with Crippen molar-refractivity contribution in [2.45, 2.75) is 26.3 Å². The number of piperazine rings is 1. The highest BCUT2D eigenvalue weighted by Crippen LogP contribution is 2.12. The van der Waals surface area contributed by atoms with Gasteiger partial charge in [0.15, 0.2) is 0 Å². The number of hydrogen-bond acceptors (Lipinski definition) is 4. The van der Waals surface area contributed by atoms with E-state index in [-0.39, 0.29) is 24.8 Å². The Balaban J connectivity index is 2.59. The van der Waals surface area contributed by atoms with E-state index in [0.29, 0.717) is 19.6 Å². The van der Waals surface area contributed by atoms with Crippen molar-refractivity contribution in [3.05, 3.63) is 0 Å². The number of sulfonamides is 1. The van der Waals surface area contributed by atoms with E-state index < -0.39 is 16.1 Å². The largest absolute Gasteiger partial charge is 0.339 e. The number of hydrogen-bond donors (Lipinski definition) is 0. The molecule has 0 N–H and O–H groups in total. The molecule has 0 unspecified atom stereocenters. The van der Waals surface area contributed by atoms with E-state index in [0.717, 1.165) is 10.6 Å². The number of nitrogens with zero attached hydrogens (tertiary/aromatic N) is 3. The molecule has 0 spiro atoms. The molecule has 0 aromatic carbocycles. The van der Waals surface area contributed by atoms with Gasteiger partial charge in [0.2, 0.25) is 21.8 Å². The first-order chi connectivity index (χ1) is 9.18. The fraction of sp³-hybridized carbons (Fsp3) is 0.833. The first-order valence-corrected chi connectivity index (χ1v) is 8.52. The smallest absolute Gasteiger partial charge is 0.245 e. The van der Waals surface area contributed by atoms with Crippen molar-refractivity contribution < 1.29 is 18.0 Å². The van der Waals surface area contributed by atoms with Crippen molar-refractivity contribution in [3.63, 3.8) is 0 Å². The highest BCUT2D eigenvalue weighted by Gasteiger charge is 2.33. The lowest BCUT2D eigenvalue weighted by atomic mass is 10.1. The Morgan fingerprint density at radius 3 is 2.50 bits per heavy atom. The lowest BCUT2D eigenvalue weighted by molar-refractivity contribution is -0.150. The molecule has 1 rings (SSSR count). The standard InChI is InChI=1S/C12H23N3O4S/c1-5-14-8-9-15(10(2)12(14)17)11(16)6-7-13(3)20(4,18)19/h10H,5-9H2,1-4H3/t10-/m0/s1. The zero-order chi connectivity index (χ0) is 15.5. The number of amides is 2. The van der Waals surface area contributed by atoms with Gasteiger partial charge in [-0.25, -0.2) is 12.7 Å². The minimum absolute atomic E-state index is 0.0523. The monoisotopic (exact) mass is 305 g/mol. The zero-order valence-electron chi connectivity index (χ0n) is 12.5. The number of carbonyl (C=O) groups excluding carboxylic acids is 2. The summed E-state index contributed by atoms with van der Waals surface area (Å²) in [5.74, 6) is -0.235. The number of carbonyl (C=O) groups is 2. The summed E-state index contributed by atoms with van der Waals surface area (Å²) >= 11 is 0. The van der Waals surface area contributed by atoms with Gasteiger partial charge < -0.3 is 9.80 Å².